The maximum atomic E-state index is 11.6. The van der Waals surface area contributed by atoms with Gasteiger partial charge < -0.3 is 25.6 Å². The lowest BCUT2D eigenvalue weighted by Gasteiger charge is -2.10. The fourth-order valence-electron chi connectivity index (χ4n) is 1.09. The first-order chi connectivity index (χ1) is 13.2. The van der Waals surface area contributed by atoms with Gasteiger partial charge in [-0.15, -0.1) is 0 Å². The topological polar surface area (TPSA) is 158 Å². The maximum absolute atomic E-state index is 11.6. The van der Waals surface area contributed by atoms with Crippen molar-refractivity contribution in [2.45, 2.75) is 0 Å². The van der Waals surface area contributed by atoms with Gasteiger partial charge in [-0.25, -0.2) is 14.4 Å². The minimum absolute atomic E-state index is 0.641. The van der Waals surface area contributed by atoms with E-state index in [-0.39, 0.29) is 0 Å². The Morgan fingerprint density at radius 1 is 0.464 bits per heavy atom. The highest BCUT2D eigenvalue weighted by atomic mass is 27.3. The zero-order valence-electron chi connectivity index (χ0n) is 14.9. The highest BCUT2D eigenvalue weighted by Crippen LogP contribution is 1.99. The lowest BCUT2D eigenvalue weighted by atomic mass is 10.5. The second-order valence-corrected chi connectivity index (χ2v) is 5.45. The molecule has 13 heteroatoms. The summed E-state index contributed by atoms with van der Waals surface area (Å²) in [4.78, 5) is 67.6. The summed E-state index contributed by atoms with van der Waals surface area (Å²) in [5.74, 6) is -6.16. The third-order valence-electron chi connectivity index (χ3n) is 2.31. The molecule has 0 saturated heterocycles. The molecule has 12 nitrogen and oxygen atoms in total. The van der Waals surface area contributed by atoms with E-state index in [0.29, 0.717) is 36.5 Å². The molecular formula is C15H15AlO12. The first kappa shape index (κ1) is 24.6. The lowest BCUT2D eigenvalue weighted by Crippen LogP contribution is -2.33. The molecule has 150 valence electrons. The first-order valence-electron chi connectivity index (χ1n) is 7.11. The smallest absolute Gasteiger partial charge is 0.547 e. The molecule has 0 amide bonds. The van der Waals surface area contributed by atoms with Gasteiger partial charge in [0.05, 0.1) is 21.3 Å². The van der Waals surface area contributed by atoms with E-state index in [0.717, 1.165) is 21.3 Å². The zero-order chi connectivity index (χ0) is 21.5. The lowest BCUT2D eigenvalue weighted by molar-refractivity contribution is -0.143. The number of rotatable bonds is 9. The second-order valence-electron chi connectivity index (χ2n) is 4.17. The average Bonchev–Trinajstić information content (AvgIpc) is 2.67. The Balaban J connectivity index is 5.11. The molecule has 0 aromatic heterocycles. The van der Waals surface area contributed by atoms with Gasteiger partial charge in [-0.3, -0.25) is 14.4 Å². The van der Waals surface area contributed by atoms with Crippen molar-refractivity contribution in [3.8, 4) is 0 Å². The van der Waals surface area contributed by atoms with E-state index < -0.39 is 51.0 Å². The molecule has 28 heavy (non-hydrogen) atoms. The van der Waals surface area contributed by atoms with Crippen LogP contribution in [0.25, 0.3) is 0 Å². The molecule has 0 aliphatic carbocycles. The molecule has 0 aromatic carbocycles. The fourth-order valence-corrected chi connectivity index (χ4v) is 2.04. The molecule has 0 spiro atoms. The molecule has 0 heterocycles. The molecule has 0 unspecified atom stereocenters. The van der Waals surface area contributed by atoms with Gasteiger partial charge in [0.15, 0.2) is 0 Å². The minimum atomic E-state index is -3.78. The van der Waals surface area contributed by atoms with Gasteiger partial charge >= 0.3 is 33.1 Å². The highest BCUT2D eigenvalue weighted by molar-refractivity contribution is 6.45. The third kappa shape index (κ3) is 12.0. The number of ether oxygens (including phenoxy) is 3. The van der Waals surface area contributed by atoms with E-state index in [4.69, 9.17) is 0 Å². The van der Waals surface area contributed by atoms with Crippen LogP contribution in [0.3, 0.4) is 0 Å². The standard InChI is InChI=1S/3C5H6O4.Al/c3*1-9-5(8)3-2-4(6)7;/h3*2-3H,1H3,(H,6,7);/q;;;+3/p-3/b3*3-2+;. The molecule has 0 radical (unpaired) electrons. The summed E-state index contributed by atoms with van der Waals surface area (Å²) in [6.45, 7) is 0. The molecule has 0 bridgehead atoms. The summed E-state index contributed by atoms with van der Waals surface area (Å²) in [7, 11) is 3.21. The van der Waals surface area contributed by atoms with Crippen molar-refractivity contribution in [1.82, 2.24) is 0 Å². The number of carbonyl (C=O) groups is 6. The van der Waals surface area contributed by atoms with Gasteiger partial charge in [0.25, 0.3) is 17.9 Å². The molecule has 0 rings (SSSR count). The first-order valence-corrected chi connectivity index (χ1v) is 8.53. The van der Waals surface area contributed by atoms with E-state index in [1.54, 1.807) is 0 Å². The summed E-state index contributed by atoms with van der Waals surface area (Å²) in [6, 6.07) is 0. The predicted octanol–water partition coefficient (Wildman–Crippen LogP) is -1.21. The summed E-state index contributed by atoms with van der Waals surface area (Å²) in [5.41, 5.74) is 0. The van der Waals surface area contributed by atoms with Crippen LogP contribution in [0, 0.1) is 0 Å². The van der Waals surface area contributed by atoms with E-state index in [1.165, 1.54) is 0 Å². The van der Waals surface area contributed by atoms with Crippen molar-refractivity contribution in [3.63, 3.8) is 0 Å². The molecule has 0 saturated carbocycles. The van der Waals surface area contributed by atoms with Gasteiger partial charge in [-0.2, -0.15) is 0 Å². The maximum Gasteiger partial charge on any atom is 1.20 e. The van der Waals surface area contributed by atoms with Crippen molar-refractivity contribution >= 4 is 51.0 Å². The molecule has 0 atom stereocenters. The van der Waals surface area contributed by atoms with Crippen LogP contribution in [-0.2, 0) is 54.3 Å². The summed E-state index contributed by atoms with van der Waals surface area (Å²) >= 11 is -3.78. The second kappa shape index (κ2) is 13.7. The van der Waals surface area contributed by atoms with Crippen LogP contribution in [-0.4, -0.2) is 72.3 Å². The van der Waals surface area contributed by atoms with Gasteiger partial charge in [0, 0.05) is 36.5 Å². The largest absolute Gasteiger partial charge is 1.20 e. The van der Waals surface area contributed by atoms with Crippen LogP contribution in [0.1, 0.15) is 0 Å². The van der Waals surface area contributed by atoms with Crippen LogP contribution < -0.4 is 0 Å². The number of hydrogen-bond acceptors (Lipinski definition) is 12. The number of hydrogen-bond donors (Lipinski definition) is 0. The number of carbonyl (C=O) groups excluding carboxylic acids is 6. The van der Waals surface area contributed by atoms with Crippen LogP contribution in [0.15, 0.2) is 36.5 Å². The quantitative estimate of drug-likeness (QED) is 0.192. The van der Waals surface area contributed by atoms with E-state index in [2.05, 4.69) is 25.6 Å². The Kier molecular flexibility index (Phi) is 12.1. The highest BCUT2D eigenvalue weighted by Gasteiger charge is 2.48. The molecule has 0 fully saturated rings. The van der Waals surface area contributed by atoms with Crippen molar-refractivity contribution in [1.29, 1.82) is 0 Å². The van der Waals surface area contributed by atoms with E-state index in [1.807, 2.05) is 0 Å². The van der Waals surface area contributed by atoms with Crippen molar-refractivity contribution in [2.24, 2.45) is 0 Å². The zero-order valence-corrected chi connectivity index (χ0v) is 16.1. The third-order valence-corrected chi connectivity index (χ3v) is 3.58. The van der Waals surface area contributed by atoms with Crippen LogP contribution in [0.4, 0.5) is 0 Å². The Bertz CT molecular complexity index is 611. The van der Waals surface area contributed by atoms with Gasteiger partial charge in [0.1, 0.15) is 0 Å². The molecule has 0 aliphatic heterocycles. The number of esters is 3. The average molecular weight is 414 g/mol. The normalized spacial score (nSPS) is 10.4. The number of methoxy groups -OCH3 is 3. The summed E-state index contributed by atoms with van der Waals surface area (Å²) in [5, 5.41) is 0. The fraction of sp³-hybridized carbons (Fsp3) is 0.200. The van der Waals surface area contributed by atoms with Crippen LogP contribution in [0.2, 0.25) is 0 Å². The van der Waals surface area contributed by atoms with Gasteiger partial charge in [-0.05, 0) is 0 Å². The van der Waals surface area contributed by atoms with Crippen molar-refractivity contribution in [3.05, 3.63) is 36.5 Å². The molecule has 0 N–H and O–H groups in total. The molecular weight excluding hydrogens is 399 g/mol. The monoisotopic (exact) mass is 414 g/mol. The molecule has 0 aromatic rings. The van der Waals surface area contributed by atoms with Crippen molar-refractivity contribution < 1.29 is 54.3 Å². The summed E-state index contributed by atoms with van der Waals surface area (Å²) in [6.07, 6.45) is 4.06. The molecule has 0 aliphatic rings. The Morgan fingerprint density at radius 3 is 0.893 bits per heavy atom. The van der Waals surface area contributed by atoms with Gasteiger partial charge in [-0.1, -0.05) is 0 Å². The summed E-state index contributed by atoms with van der Waals surface area (Å²) < 4.78 is 26.8. The Morgan fingerprint density at radius 2 is 0.679 bits per heavy atom. The minimum Gasteiger partial charge on any atom is -0.547 e. The van der Waals surface area contributed by atoms with Crippen LogP contribution >= 0.6 is 0 Å². The Hall–Kier alpha value is -3.43. The van der Waals surface area contributed by atoms with Crippen LogP contribution in [0.5, 0.6) is 0 Å². The van der Waals surface area contributed by atoms with E-state index in [9.17, 15) is 28.8 Å². The Labute approximate surface area is 163 Å². The predicted molar refractivity (Wildman–Crippen MR) is 87.5 cm³/mol. The van der Waals surface area contributed by atoms with Gasteiger partial charge in [0.2, 0.25) is 0 Å². The van der Waals surface area contributed by atoms with E-state index >= 15 is 0 Å². The SMILES string of the molecule is COC(=O)/C=C/C(=O)[O][Al]([O]C(=O)/C=C/C(=O)OC)[O]C(=O)/C=C/C(=O)OC. The van der Waals surface area contributed by atoms with Crippen molar-refractivity contribution in [2.75, 3.05) is 21.3 Å².